The van der Waals surface area contributed by atoms with Crippen molar-refractivity contribution in [1.82, 2.24) is 19.7 Å². The molecule has 0 aliphatic carbocycles. The molecule has 2 aromatic heterocycles. The molecule has 0 aliphatic rings. The smallest absolute Gasteiger partial charge is 0.213 e. The standard InChI is InChI=1S/C14H16N4O2S/c1-9(2)20-11-5-3-4-10-13(11)16-14(21)18(10)7-6-12-15-8-19-17-12/h3-5,8-9H,6-7H2,1-2H3,(H,16,21). The summed E-state index contributed by atoms with van der Waals surface area (Å²) in [6, 6.07) is 5.93. The van der Waals surface area contributed by atoms with Crippen LogP contribution in [-0.2, 0) is 13.0 Å². The lowest BCUT2D eigenvalue weighted by Crippen LogP contribution is -2.06. The van der Waals surface area contributed by atoms with Crippen molar-refractivity contribution < 1.29 is 9.26 Å². The lowest BCUT2D eigenvalue weighted by molar-refractivity contribution is 0.245. The number of nitrogens with one attached hydrogen (secondary N) is 1. The average Bonchev–Trinajstić information content (AvgIpc) is 3.04. The Kier molecular flexibility index (Phi) is 3.74. The van der Waals surface area contributed by atoms with Gasteiger partial charge in [0.05, 0.1) is 11.6 Å². The van der Waals surface area contributed by atoms with Crippen molar-refractivity contribution in [2.24, 2.45) is 0 Å². The highest BCUT2D eigenvalue weighted by molar-refractivity contribution is 7.71. The van der Waals surface area contributed by atoms with Gasteiger partial charge < -0.3 is 18.8 Å². The molecule has 2 heterocycles. The molecule has 0 bridgehead atoms. The molecule has 3 rings (SSSR count). The third kappa shape index (κ3) is 2.82. The molecule has 0 atom stereocenters. The molecule has 0 radical (unpaired) electrons. The van der Waals surface area contributed by atoms with Crippen LogP contribution in [0.2, 0.25) is 0 Å². The minimum Gasteiger partial charge on any atom is -0.489 e. The molecule has 21 heavy (non-hydrogen) atoms. The van der Waals surface area contributed by atoms with Crippen molar-refractivity contribution in [2.45, 2.75) is 32.9 Å². The number of nitrogens with zero attached hydrogens (tertiary/aromatic N) is 3. The lowest BCUT2D eigenvalue weighted by Gasteiger charge is -2.10. The van der Waals surface area contributed by atoms with E-state index in [9.17, 15) is 0 Å². The summed E-state index contributed by atoms with van der Waals surface area (Å²) in [5, 5.41) is 3.81. The second-order valence-corrected chi connectivity index (χ2v) is 5.38. The highest BCUT2D eigenvalue weighted by Crippen LogP contribution is 2.26. The van der Waals surface area contributed by atoms with Gasteiger partial charge in [0.25, 0.3) is 0 Å². The van der Waals surface area contributed by atoms with Crippen molar-refractivity contribution in [3.63, 3.8) is 0 Å². The zero-order valence-corrected chi connectivity index (χ0v) is 12.7. The zero-order valence-electron chi connectivity index (χ0n) is 11.9. The van der Waals surface area contributed by atoms with Crippen LogP contribution in [0.4, 0.5) is 0 Å². The predicted molar refractivity (Wildman–Crippen MR) is 80.9 cm³/mol. The van der Waals surface area contributed by atoms with Gasteiger partial charge in [-0.2, -0.15) is 4.98 Å². The summed E-state index contributed by atoms with van der Waals surface area (Å²) in [5.41, 5.74) is 1.94. The fourth-order valence-corrected chi connectivity index (χ4v) is 2.53. The van der Waals surface area contributed by atoms with Gasteiger partial charge in [-0.15, -0.1) is 0 Å². The van der Waals surface area contributed by atoms with Crippen LogP contribution in [0.5, 0.6) is 5.75 Å². The van der Waals surface area contributed by atoms with Gasteiger partial charge in [0.15, 0.2) is 10.6 Å². The number of hydrogen-bond acceptors (Lipinski definition) is 5. The summed E-state index contributed by atoms with van der Waals surface area (Å²) in [4.78, 5) is 7.24. The first-order chi connectivity index (χ1) is 10.1. The number of para-hydroxylation sites is 1. The molecule has 1 N–H and O–H groups in total. The maximum atomic E-state index is 5.82. The molecule has 3 aromatic rings. The number of rotatable bonds is 5. The SMILES string of the molecule is CC(C)Oc1cccc2c1[nH]c(=S)n2CCc1ncon1. The number of fused-ring (bicyclic) bond motifs is 1. The molecule has 110 valence electrons. The molecule has 0 fully saturated rings. The molecule has 0 saturated carbocycles. The summed E-state index contributed by atoms with van der Waals surface area (Å²) < 4.78 is 13.2. The van der Waals surface area contributed by atoms with E-state index in [2.05, 4.69) is 15.1 Å². The maximum absolute atomic E-state index is 5.82. The Morgan fingerprint density at radius 2 is 2.29 bits per heavy atom. The summed E-state index contributed by atoms with van der Waals surface area (Å²) in [6.45, 7) is 4.69. The van der Waals surface area contributed by atoms with Gasteiger partial charge in [-0.3, -0.25) is 0 Å². The molecule has 6 nitrogen and oxygen atoms in total. The van der Waals surface area contributed by atoms with Crippen LogP contribution in [-0.4, -0.2) is 25.8 Å². The number of hydrogen-bond donors (Lipinski definition) is 1. The summed E-state index contributed by atoms with van der Waals surface area (Å²) >= 11 is 5.41. The second-order valence-electron chi connectivity index (χ2n) is 5.00. The third-order valence-corrected chi connectivity index (χ3v) is 3.42. The summed E-state index contributed by atoms with van der Waals surface area (Å²) in [5.74, 6) is 1.48. The van der Waals surface area contributed by atoms with Gasteiger partial charge in [-0.05, 0) is 38.2 Å². The van der Waals surface area contributed by atoms with Crippen LogP contribution >= 0.6 is 12.2 Å². The first-order valence-electron chi connectivity index (χ1n) is 6.78. The monoisotopic (exact) mass is 304 g/mol. The number of ether oxygens (including phenoxy) is 1. The first kappa shape index (κ1) is 13.8. The number of benzene rings is 1. The van der Waals surface area contributed by atoms with Crippen LogP contribution in [0.25, 0.3) is 11.0 Å². The van der Waals surface area contributed by atoms with E-state index in [0.717, 1.165) is 16.8 Å². The van der Waals surface area contributed by atoms with E-state index < -0.39 is 0 Å². The van der Waals surface area contributed by atoms with Crippen LogP contribution in [0.15, 0.2) is 29.1 Å². The molecule has 0 aliphatic heterocycles. The van der Waals surface area contributed by atoms with E-state index in [0.29, 0.717) is 23.6 Å². The van der Waals surface area contributed by atoms with Crippen LogP contribution in [0.3, 0.4) is 0 Å². The Morgan fingerprint density at radius 3 is 3.00 bits per heavy atom. The van der Waals surface area contributed by atoms with E-state index in [1.54, 1.807) is 0 Å². The summed E-state index contributed by atoms with van der Waals surface area (Å²) in [6.07, 6.45) is 2.10. The minimum atomic E-state index is 0.111. The van der Waals surface area contributed by atoms with Crippen LogP contribution < -0.4 is 4.74 Å². The van der Waals surface area contributed by atoms with Crippen LogP contribution in [0, 0.1) is 4.77 Å². The fraction of sp³-hybridized carbons (Fsp3) is 0.357. The minimum absolute atomic E-state index is 0.111. The lowest BCUT2D eigenvalue weighted by atomic mass is 10.3. The van der Waals surface area contributed by atoms with Gasteiger partial charge in [-0.25, -0.2) is 0 Å². The second kappa shape index (κ2) is 5.69. The third-order valence-electron chi connectivity index (χ3n) is 3.10. The quantitative estimate of drug-likeness (QED) is 0.733. The number of aromatic nitrogens is 4. The maximum Gasteiger partial charge on any atom is 0.213 e. The Hall–Kier alpha value is -2.15. The molecule has 7 heteroatoms. The normalized spacial score (nSPS) is 11.4. The van der Waals surface area contributed by atoms with E-state index in [1.807, 2.05) is 36.6 Å². The summed E-state index contributed by atoms with van der Waals surface area (Å²) in [7, 11) is 0. The highest BCUT2D eigenvalue weighted by atomic mass is 32.1. The van der Waals surface area contributed by atoms with E-state index >= 15 is 0 Å². The van der Waals surface area contributed by atoms with Crippen molar-refractivity contribution in [1.29, 1.82) is 0 Å². The highest BCUT2D eigenvalue weighted by Gasteiger charge is 2.11. The number of H-pyrrole nitrogens is 1. The average molecular weight is 304 g/mol. The number of aromatic amines is 1. The van der Waals surface area contributed by atoms with Gasteiger partial charge in [0, 0.05) is 13.0 Å². The van der Waals surface area contributed by atoms with Crippen molar-refractivity contribution >= 4 is 23.3 Å². The van der Waals surface area contributed by atoms with Gasteiger partial charge in [0.1, 0.15) is 11.3 Å². The predicted octanol–water partition coefficient (Wildman–Crippen LogP) is 3.11. The first-order valence-corrected chi connectivity index (χ1v) is 7.19. The molecule has 1 aromatic carbocycles. The fourth-order valence-electron chi connectivity index (χ4n) is 2.24. The number of imidazole rings is 1. The van der Waals surface area contributed by atoms with Crippen molar-refractivity contribution in [3.8, 4) is 5.75 Å². The topological polar surface area (TPSA) is 68.9 Å². The van der Waals surface area contributed by atoms with Gasteiger partial charge in [0.2, 0.25) is 6.39 Å². The molecular formula is C14H16N4O2S. The Morgan fingerprint density at radius 1 is 1.43 bits per heavy atom. The van der Waals surface area contributed by atoms with Gasteiger partial charge in [-0.1, -0.05) is 11.2 Å². The van der Waals surface area contributed by atoms with E-state index in [1.165, 1.54) is 6.39 Å². The Bertz CT molecular complexity index is 789. The van der Waals surface area contributed by atoms with Crippen molar-refractivity contribution in [3.05, 3.63) is 35.2 Å². The van der Waals surface area contributed by atoms with E-state index in [-0.39, 0.29) is 6.10 Å². The molecule has 0 amide bonds. The molecule has 0 spiro atoms. The molecule has 0 saturated heterocycles. The molecular weight excluding hydrogens is 288 g/mol. The largest absolute Gasteiger partial charge is 0.489 e. The van der Waals surface area contributed by atoms with Crippen molar-refractivity contribution in [2.75, 3.05) is 0 Å². The number of aryl methyl sites for hydroxylation is 2. The Labute approximate surface area is 126 Å². The van der Waals surface area contributed by atoms with E-state index in [4.69, 9.17) is 21.5 Å². The Balaban J connectivity index is 1.95. The zero-order chi connectivity index (χ0) is 14.8. The van der Waals surface area contributed by atoms with Crippen LogP contribution in [0.1, 0.15) is 19.7 Å². The van der Waals surface area contributed by atoms with Gasteiger partial charge >= 0.3 is 0 Å². The molecule has 0 unspecified atom stereocenters.